The van der Waals surface area contributed by atoms with Crippen molar-refractivity contribution in [2.24, 2.45) is 0 Å². The number of methoxy groups -OCH3 is 1. The molecule has 1 aromatic rings. The molecule has 1 aromatic carbocycles. The molecule has 2 saturated heterocycles. The molecule has 1 N–H and O–H groups in total. The van der Waals surface area contributed by atoms with Crippen molar-refractivity contribution >= 4 is 5.91 Å². The minimum atomic E-state index is -0.130. The van der Waals surface area contributed by atoms with Gasteiger partial charge in [-0.3, -0.25) is 9.69 Å². The monoisotopic (exact) mass is 362 g/mol. The second kappa shape index (κ2) is 9.90. The number of hydrogen-bond donors (Lipinski definition) is 1. The van der Waals surface area contributed by atoms with Gasteiger partial charge in [0, 0.05) is 52.5 Å². The number of ether oxygens (including phenoxy) is 3. The molecule has 2 aliphatic heterocycles. The number of para-hydroxylation sites is 1. The molecule has 0 radical (unpaired) electrons. The third-order valence-corrected chi connectivity index (χ3v) is 5.13. The van der Waals surface area contributed by atoms with E-state index in [4.69, 9.17) is 14.2 Å². The smallest absolute Gasteiger partial charge is 0.237 e. The summed E-state index contributed by atoms with van der Waals surface area (Å²) >= 11 is 0. The molecule has 2 aliphatic rings. The SMILES string of the molecule is COCCCNC(=O)[C@@H]1C[C@H](Oc2ccccc2)CN1C1CCOCC1. The Hall–Kier alpha value is -1.63. The van der Waals surface area contributed by atoms with E-state index in [-0.39, 0.29) is 18.1 Å². The first-order chi connectivity index (χ1) is 12.8. The lowest BCUT2D eigenvalue weighted by atomic mass is 10.1. The van der Waals surface area contributed by atoms with Crippen molar-refractivity contribution in [2.45, 2.75) is 43.9 Å². The molecule has 1 amide bonds. The van der Waals surface area contributed by atoms with Crippen molar-refractivity contribution in [1.82, 2.24) is 10.2 Å². The van der Waals surface area contributed by atoms with Crippen molar-refractivity contribution in [2.75, 3.05) is 40.0 Å². The minimum absolute atomic E-state index is 0.0370. The molecule has 6 heteroatoms. The van der Waals surface area contributed by atoms with Crippen LogP contribution in [-0.2, 0) is 14.3 Å². The number of rotatable bonds is 8. The second-order valence-electron chi connectivity index (χ2n) is 6.98. The van der Waals surface area contributed by atoms with Crippen LogP contribution in [0.4, 0.5) is 0 Å². The molecule has 0 bridgehead atoms. The Morgan fingerprint density at radius 3 is 2.77 bits per heavy atom. The molecule has 144 valence electrons. The molecule has 0 aromatic heterocycles. The van der Waals surface area contributed by atoms with Gasteiger partial charge in [-0.1, -0.05) is 18.2 Å². The summed E-state index contributed by atoms with van der Waals surface area (Å²) < 4.78 is 16.7. The molecule has 3 rings (SSSR count). The lowest BCUT2D eigenvalue weighted by molar-refractivity contribution is -0.127. The van der Waals surface area contributed by atoms with E-state index >= 15 is 0 Å². The van der Waals surface area contributed by atoms with Gasteiger partial charge in [-0.05, 0) is 31.4 Å². The minimum Gasteiger partial charge on any atom is -0.489 e. The molecule has 2 atom stereocenters. The van der Waals surface area contributed by atoms with Gasteiger partial charge >= 0.3 is 0 Å². The van der Waals surface area contributed by atoms with Crippen LogP contribution in [0.5, 0.6) is 5.75 Å². The van der Waals surface area contributed by atoms with Crippen LogP contribution in [0.15, 0.2) is 30.3 Å². The summed E-state index contributed by atoms with van der Waals surface area (Å²) in [4.78, 5) is 15.1. The Kier molecular flexibility index (Phi) is 7.29. The summed E-state index contributed by atoms with van der Waals surface area (Å²) in [5.41, 5.74) is 0. The van der Waals surface area contributed by atoms with Gasteiger partial charge in [0.1, 0.15) is 11.9 Å². The van der Waals surface area contributed by atoms with Gasteiger partial charge in [0.15, 0.2) is 0 Å². The zero-order valence-electron chi connectivity index (χ0n) is 15.6. The summed E-state index contributed by atoms with van der Waals surface area (Å²) in [6, 6.07) is 10.1. The number of carbonyl (C=O) groups excluding carboxylic acids is 1. The molecule has 26 heavy (non-hydrogen) atoms. The standard InChI is InChI=1S/C20H30N2O4/c1-24-11-5-10-21-20(23)19-14-18(26-17-6-3-2-4-7-17)15-22(19)16-8-12-25-13-9-16/h2-4,6-7,16,18-19H,5,8-15H2,1H3,(H,21,23)/t18-,19-/m0/s1. The van der Waals surface area contributed by atoms with Crippen molar-refractivity contribution in [3.8, 4) is 5.75 Å². The Morgan fingerprint density at radius 2 is 2.04 bits per heavy atom. The first-order valence-corrected chi connectivity index (χ1v) is 9.60. The van der Waals surface area contributed by atoms with Crippen LogP contribution < -0.4 is 10.1 Å². The molecule has 0 saturated carbocycles. The third-order valence-electron chi connectivity index (χ3n) is 5.13. The van der Waals surface area contributed by atoms with Gasteiger partial charge < -0.3 is 19.5 Å². The van der Waals surface area contributed by atoms with E-state index in [0.29, 0.717) is 19.2 Å². The summed E-state index contributed by atoms with van der Waals surface area (Å²) in [6.07, 6.45) is 3.55. The highest BCUT2D eigenvalue weighted by molar-refractivity contribution is 5.82. The topological polar surface area (TPSA) is 60.0 Å². The molecule has 0 aliphatic carbocycles. The third kappa shape index (κ3) is 5.19. The number of carbonyl (C=O) groups is 1. The number of amides is 1. The average Bonchev–Trinajstić information content (AvgIpc) is 3.10. The highest BCUT2D eigenvalue weighted by Gasteiger charge is 2.41. The van der Waals surface area contributed by atoms with Gasteiger partial charge in [-0.15, -0.1) is 0 Å². The summed E-state index contributed by atoms with van der Waals surface area (Å²) in [7, 11) is 1.68. The van der Waals surface area contributed by atoms with E-state index in [1.165, 1.54) is 0 Å². The quantitative estimate of drug-likeness (QED) is 0.715. The van der Waals surface area contributed by atoms with E-state index in [9.17, 15) is 4.79 Å². The maximum Gasteiger partial charge on any atom is 0.237 e. The van der Waals surface area contributed by atoms with Crippen molar-refractivity contribution in [3.05, 3.63) is 30.3 Å². The summed E-state index contributed by atoms with van der Waals surface area (Å²) in [5.74, 6) is 0.970. The first kappa shape index (κ1) is 19.1. The van der Waals surface area contributed by atoms with Crippen LogP contribution in [0.25, 0.3) is 0 Å². The predicted octanol–water partition coefficient (Wildman–Crippen LogP) is 1.84. The van der Waals surface area contributed by atoms with Crippen LogP contribution in [0.2, 0.25) is 0 Å². The zero-order chi connectivity index (χ0) is 18.2. The highest BCUT2D eigenvalue weighted by atomic mass is 16.5. The van der Waals surface area contributed by atoms with Gasteiger partial charge in [0.05, 0.1) is 6.04 Å². The van der Waals surface area contributed by atoms with Crippen LogP contribution in [0.3, 0.4) is 0 Å². The predicted molar refractivity (Wildman–Crippen MR) is 99.3 cm³/mol. The zero-order valence-corrected chi connectivity index (χ0v) is 15.6. The summed E-state index contributed by atoms with van der Waals surface area (Å²) in [6.45, 7) is 3.64. The molecule has 0 spiro atoms. The van der Waals surface area contributed by atoms with Crippen molar-refractivity contribution in [3.63, 3.8) is 0 Å². The van der Waals surface area contributed by atoms with Crippen LogP contribution in [0, 0.1) is 0 Å². The van der Waals surface area contributed by atoms with Crippen molar-refractivity contribution < 1.29 is 19.0 Å². The van der Waals surface area contributed by atoms with Crippen LogP contribution >= 0.6 is 0 Å². The van der Waals surface area contributed by atoms with Crippen LogP contribution in [-0.4, -0.2) is 69.0 Å². The Bertz CT molecular complexity index is 548. The van der Waals surface area contributed by atoms with E-state index in [1.807, 2.05) is 30.3 Å². The van der Waals surface area contributed by atoms with Crippen LogP contribution in [0.1, 0.15) is 25.7 Å². The fourth-order valence-corrected chi connectivity index (χ4v) is 3.82. The molecular formula is C20H30N2O4. The van der Waals surface area contributed by atoms with E-state index in [0.717, 1.165) is 51.2 Å². The maximum atomic E-state index is 12.8. The average molecular weight is 362 g/mol. The second-order valence-corrected chi connectivity index (χ2v) is 6.98. The van der Waals surface area contributed by atoms with Crippen molar-refractivity contribution in [1.29, 1.82) is 0 Å². The van der Waals surface area contributed by atoms with E-state index < -0.39 is 0 Å². The number of hydrogen-bond acceptors (Lipinski definition) is 5. The van der Waals surface area contributed by atoms with E-state index in [1.54, 1.807) is 7.11 Å². The fraction of sp³-hybridized carbons (Fsp3) is 0.650. The number of benzene rings is 1. The highest BCUT2D eigenvalue weighted by Crippen LogP contribution is 2.28. The maximum absolute atomic E-state index is 12.8. The Labute approximate surface area is 155 Å². The summed E-state index contributed by atoms with van der Waals surface area (Å²) in [5, 5.41) is 3.07. The van der Waals surface area contributed by atoms with E-state index in [2.05, 4.69) is 10.2 Å². The first-order valence-electron chi connectivity index (χ1n) is 9.60. The largest absolute Gasteiger partial charge is 0.489 e. The number of likely N-dealkylation sites (tertiary alicyclic amines) is 1. The molecular weight excluding hydrogens is 332 g/mol. The van der Waals surface area contributed by atoms with Gasteiger partial charge in [-0.25, -0.2) is 0 Å². The molecule has 6 nitrogen and oxygen atoms in total. The lowest BCUT2D eigenvalue weighted by Gasteiger charge is -2.34. The molecule has 0 unspecified atom stereocenters. The number of nitrogens with zero attached hydrogens (tertiary/aromatic N) is 1. The number of nitrogens with one attached hydrogen (secondary N) is 1. The normalized spacial score (nSPS) is 24.5. The fourth-order valence-electron chi connectivity index (χ4n) is 3.82. The van der Waals surface area contributed by atoms with Gasteiger partial charge in [-0.2, -0.15) is 0 Å². The molecule has 2 fully saturated rings. The van der Waals surface area contributed by atoms with Gasteiger partial charge in [0.25, 0.3) is 0 Å². The lowest BCUT2D eigenvalue weighted by Crippen LogP contribution is -2.49. The van der Waals surface area contributed by atoms with Gasteiger partial charge in [0.2, 0.25) is 5.91 Å². The molecule has 2 heterocycles. The Morgan fingerprint density at radius 1 is 1.27 bits per heavy atom. The Balaban J connectivity index is 1.61.